The van der Waals surface area contributed by atoms with Gasteiger partial charge in [-0.2, -0.15) is 0 Å². The summed E-state index contributed by atoms with van der Waals surface area (Å²) < 4.78 is 22.9. The molecule has 0 bridgehead atoms. The molecule has 412 valence electrons. The van der Waals surface area contributed by atoms with Crippen LogP contribution in [0.5, 0.6) is 0 Å². The predicted octanol–water partition coefficient (Wildman–Crippen LogP) is 17.5. The number of carboxylic acids is 1. The molecule has 0 saturated carbocycles. The largest absolute Gasteiger partial charge is 0.477 e. The van der Waals surface area contributed by atoms with E-state index in [4.69, 9.17) is 18.9 Å². The summed E-state index contributed by atoms with van der Waals surface area (Å²) >= 11 is 0. The first-order valence-electron chi connectivity index (χ1n) is 30.0. The van der Waals surface area contributed by atoms with Crippen LogP contribution in [-0.2, 0) is 33.3 Å². The number of unbranched alkanes of at least 4 members (excludes halogenated alkanes) is 37. The van der Waals surface area contributed by atoms with Crippen LogP contribution in [0.1, 0.15) is 290 Å². The lowest BCUT2D eigenvalue weighted by Crippen LogP contribution is -2.40. The van der Waals surface area contributed by atoms with E-state index in [-0.39, 0.29) is 38.2 Å². The summed E-state index contributed by atoms with van der Waals surface area (Å²) in [6.45, 7) is 4.91. The molecule has 0 amide bonds. The molecule has 0 rings (SSSR count). The molecule has 0 radical (unpaired) electrons. The first kappa shape index (κ1) is 67.8. The van der Waals surface area contributed by atoms with Crippen molar-refractivity contribution in [2.45, 2.75) is 302 Å². The topological polar surface area (TPSA) is 108 Å². The first-order chi connectivity index (χ1) is 34.1. The molecule has 70 heavy (non-hydrogen) atoms. The van der Waals surface area contributed by atoms with E-state index in [0.29, 0.717) is 17.4 Å². The zero-order valence-corrected chi connectivity index (χ0v) is 47.0. The summed E-state index contributed by atoms with van der Waals surface area (Å²) in [5, 5.41) is 9.69. The summed E-state index contributed by atoms with van der Waals surface area (Å²) in [7, 11) is 5.98. The van der Waals surface area contributed by atoms with E-state index in [1.807, 2.05) is 21.1 Å². The van der Waals surface area contributed by atoms with Crippen molar-refractivity contribution < 1.29 is 42.9 Å². The van der Waals surface area contributed by atoms with Crippen LogP contribution in [0.25, 0.3) is 0 Å². The van der Waals surface area contributed by atoms with Gasteiger partial charge in [-0.05, 0) is 44.9 Å². The number of aliphatic carboxylic acids is 1. The standard InChI is InChI=1S/C61H115NO8/c1-6-8-10-12-14-16-18-20-22-23-24-25-26-27-28-29-30-31-32-33-34-35-36-37-38-40-42-44-46-48-50-52-59(64)70-57(56-69-61(60(65)66)67-54-53-62(3,4)5)55-68-58(63)51-49-47-45-43-41-39-21-19-17-15-13-11-9-7-2/h18,20,23-24,57,61H,6-17,19,21-22,25-56H2,1-5H3/p+1/b20-18-,24-23-. The Kier molecular flexibility index (Phi) is 51.4. The van der Waals surface area contributed by atoms with Gasteiger partial charge in [-0.25, -0.2) is 4.79 Å². The quantitative estimate of drug-likeness (QED) is 0.0211. The lowest BCUT2D eigenvalue weighted by Gasteiger charge is -2.25. The molecule has 0 aromatic carbocycles. The van der Waals surface area contributed by atoms with Gasteiger partial charge in [0.25, 0.3) is 6.29 Å². The van der Waals surface area contributed by atoms with Crippen LogP contribution < -0.4 is 0 Å². The molecule has 0 aliphatic rings. The van der Waals surface area contributed by atoms with Gasteiger partial charge in [-0.3, -0.25) is 9.59 Å². The van der Waals surface area contributed by atoms with E-state index in [1.54, 1.807) is 0 Å². The van der Waals surface area contributed by atoms with E-state index in [0.717, 1.165) is 44.9 Å². The molecule has 2 unspecified atom stereocenters. The Bertz CT molecular complexity index is 1200. The van der Waals surface area contributed by atoms with Gasteiger partial charge in [0.2, 0.25) is 0 Å². The number of esters is 2. The van der Waals surface area contributed by atoms with Crippen LogP contribution >= 0.6 is 0 Å². The molecular weight excluding hydrogens is 875 g/mol. The zero-order valence-electron chi connectivity index (χ0n) is 47.0. The smallest absolute Gasteiger partial charge is 0.361 e. The number of carboxylic acid groups (broad SMARTS) is 1. The summed E-state index contributed by atoms with van der Waals surface area (Å²) in [6.07, 6.45) is 59.8. The monoisotopic (exact) mass is 991 g/mol. The van der Waals surface area contributed by atoms with Gasteiger partial charge >= 0.3 is 17.9 Å². The minimum Gasteiger partial charge on any atom is -0.477 e. The fourth-order valence-electron chi connectivity index (χ4n) is 8.81. The van der Waals surface area contributed by atoms with Crippen LogP contribution in [0, 0.1) is 0 Å². The molecule has 0 aromatic rings. The normalized spacial score (nSPS) is 12.9. The summed E-state index contributed by atoms with van der Waals surface area (Å²) in [5.41, 5.74) is 0. The molecule has 2 atom stereocenters. The van der Waals surface area contributed by atoms with Crippen molar-refractivity contribution in [1.29, 1.82) is 0 Å². The third-order valence-electron chi connectivity index (χ3n) is 13.5. The van der Waals surface area contributed by atoms with Crippen molar-refractivity contribution in [2.75, 3.05) is 47.5 Å². The summed E-state index contributed by atoms with van der Waals surface area (Å²) in [4.78, 5) is 37.4. The van der Waals surface area contributed by atoms with Gasteiger partial charge < -0.3 is 28.5 Å². The maximum absolute atomic E-state index is 12.9. The molecule has 1 N–H and O–H groups in total. The van der Waals surface area contributed by atoms with E-state index in [9.17, 15) is 19.5 Å². The van der Waals surface area contributed by atoms with Crippen molar-refractivity contribution >= 4 is 17.9 Å². The molecular formula is C61H116NO8+. The second kappa shape index (κ2) is 53.1. The maximum Gasteiger partial charge on any atom is 0.361 e. The molecule has 0 aliphatic heterocycles. The lowest BCUT2D eigenvalue weighted by atomic mass is 10.0. The molecule has 0 fully saturated rings. The molecule has 0 aliphatic carbocycles. The maximum atomic E-state index is 12.9. The molecule has 9 nitrogen and oxygen atoms in total. The number of quaternary nitrogens is 1. The average molecular weight is 992 g/mol. The predicted molar refractivity (Wildman–Crippen MR) is 295 cm³/mol. The number of hydrogen-bond donors (Lipinski definition) is 1. The Balaban J connectivity index is 4.08. The molecule has 0 spiro atoms. The van der Waals surface area contributed by atoms with Crippen LogP contribution in [-0.4, -0.2) is 87.4 Å². The van der Waals surface area contributed by atoms with E-state index in [1.165, 1.54) is 218 Å². The Hall–Kier alpha value is -2.23. The third-order valence-corrected chi connectivity index (χ3v) is 13.5. The van der Waals surface area contributed by atoms with Crippen LogP contribution in [0.4, 0.5) is 0 Å². The fourth-order valence-corrected chi connectivity index (χ4v) is 8.81. The second-order valence-corrected chi connectivity index (χ2v) is 21.7. The van der Waals surface area contributed by atoms with Crippen molar-refractivity contribution in [3.63, 3.8) is 0 Å². The van der Waals surface area contributed by atoms with Gasteiger partial charge in [-0.1, -0.05) is 256 Å². The van der Waals surface area contributed by atoms with Crippen molar-refractivity contribution in [3.05, 3.63) is 24.3 Å². The minimum absolute atomic E-state index is 0.175. The number of rotatable bonds is 56. The molecule has 0 heterocycles. The molecule has 0 aromatic heterocycles. The number of nitrogens with zero attached hydrogens (tertiary/aromatic N) is 1. The Morgan fingerprint density at radius 2 is 0.771 bits per heavy atom. The van der Waals surface area contributed by atoms with Gasteiger partial charge in [0.15, 0.2) is 6.10 Å². The van der Waals surface area contributed by atoms with Crippen LogP contribution in [0.15, 0.2) is 24.3 Å². The second-order valence-electron chi connectivity index (χ2n) is 21.7. The van der Waals surface area contributed by atoms with Crippen molar-refractivity contribution in [2.24, 2.45) is 0 Å². The van der Waals surface area contributed by atoms with Crippen molar-refractivity contribution in [1.82, 2.24) is 0 Å². The number of hydrogen-bond acceptors (Lipinski definition) is 7. The molecule has 9 heteroatoms. The highest BCUT2D eigenvalue weighted by atomic mass is 16.7. The van der Waals surface area contributed by atoms with Gasteiger partial charge in [0.05, 0.1) is 34.4 Å². The van der Waals surface area contributed by atoms with Crippen molar-refractivity contribution in [3.8, 4) is 0 Å². The molecule has 0 saturated heterocycles. The van der Waals surface area contributed by atoms with E-state index >= 15 is 0 Å². The van der Waals surface area contributed by atoms with E-state index < -0.39 is 18.4 Å². The SMILES string of the molecule is CCCCCCC/C=C\C/C=C\CCCCCCCCCCCCCCCCCCCCCC(=O)OC(COC(=O)CCCCCCCCCCCCCCCC)COC(OCC[N+](C)(C)C)C(=O)O. The van der Waals surface area contributed by atoms with Gasteiger partial charge in [0, 0.05) is 12.8 Å². The third kappa shape index (κ3) is 53.6. The summed E-state index contributed by atoms with van der Waals surface area (Å²) in [6, 6.07) is 0. The van der Waals surface area contributed by atoms with Crippen LogP contribution in [0.2, 0.25) is 0 Å². The number of carbonyl (C=O) groups excluding carboxylic acids is 2. The lowest BCUT2D eigenvalue weighted by molar-refractivity contribution is -0.870. The number of ether oxygens (including phenoxy) is 4. The zero-order chi connectivity index (χ0) is 51.3. The number of allylic oxidation sites excluding steroid dienone is 4. The highest BCUT2D eigenvalue weighted by molar-refractivity contribution is 5.71. The number of carbonyl (C=O) groups is 3. The average Bonchev–Trinajstić information content (AvgIpc) is 3.33. The Morgan fingerprint density at radius 1 is 0.429 bits per heavy atom. The van der Waals surface area contributed by atoms with Gasteiger partial charge in [-0.15, -0.1) is 0 Å². The minimum atomic E-state index is -1.50. The fraction of sp³-hybridized carbons (Fsp3) is 0.885. The van der Waals surface area contributed by atoms with Crippen LogP contribution in [0.3, 0.4) is 0 Å². The van der Waals surface area contributed by atoms with E-state index in [2.05, 4.69) is 38.2 Å². The summed E-state index contributed by atoms with van der Waals surface area (Å²) in [5.74, 6) is -1.98. The highest BCUT2D eigenvalue weighted by Gasteiger charge is 2.25. The van der Waals surface area contributed by atoms with Gasteiger partial charge in [0.1, 0.15) is 13.2 Å². The highest BCUT2D eigenvalue weighted by Crippen LogP contribution is 2.17. The Labute approximate surface area is 433 Å². The Morgan fingerprint density at radius 3 is 1.13 bits per heavy atom. The number of likely N-dealkylation sites (N-methyl/N-ethyl adjacent to an activating group) is 1. The first-order valence-corrected chi connectivity index (χ1v) is 30.0.